The normalized spacial score (nSPS) is 11.9. The number of non-ortho nitro benzene ring substituents is 1. The van der Waals surface area contributed by atoms with E-state index in [1.807, 2.05) is 6.92 Å². The van der Waals surface area contributed by atoms with E-state index < -0.39 is 10.7 Å². The number of nitro groups is 1. The molecule has 0 aliphatic heterocycles. The van der Waals surface area contributed by atoms with Gasteiger partial charge in [-0.2, -0.15) is 0 Å². The molecule has 0 aliphatic carbocycles. The van der Waals surface area contributed by atoms with Crippen molar-refractivity contribution in [2.45, 2.75) is 19.4 Å². The first-order valence-electron chi connectivity index (χ1n) is 6.50. The van der Waals surface area contributed by atoms with Crippen LogP contribution in [0.4, 0.5) is 15.8 Å². The Bertz CT molecular complexity index is 661. The highest BCUT2D eigenvalue weighted by atomic mass is 19.1. The Morgan fingerprint density at radius 2 is 2.05 bits per heavy atom. The average Bonchev–Trinajstić information content (AvgIpc) is 2.45. The number of phenolic OH excluding ortho intramolecular Hbond substituents is 1. The van der Waals surface area contributed by atoms with Crippen molar-refractivity contribution in [3.8, 4) is 5.75 Å². The lowest BCUT2D eigenvalue weighted by atomic mass is 10.0. The van der Waals surface area contributed by atoms with E-state index in [4.69, 9.17) is 0 Å². The van der Waals surface area contributed by atoms with Gasteiger partial charge < -0.3 is 10.4 Å². The number of nitro benzene ring substituents is 1. The number of nitrogens with zero attached hydrogens (tertiary/aromatic N) is 1. The Morgan fingerprint density at radius 1 is 1.33 bits per heavy atom. The van der Waals surface area contributed by atoms with E-state index in [-0.39, 0.29) is 17.5 Å². The zero-order valence-corrected chi connectivity index (χ0v) is 11.4. The molecule has 2 rings (SSSR count). The maximum Gasteiger partial charge on any atom is 0.274 e. The molecule has 0 saturated carbocycles. The minimum absolute atomic E-state index is 0.128. The SMILES string of the molecule is CCC(Nc1cc(F)cc([N+](=O)[O-])c1)c1ccccc1O. The van der Waals surface area contributed by atoms with Gasteiger partial charge in [0.2, 0.25) is 0 Å². The summed E-state index contributed by atoms with van der Waals surface area (Å²) in [6.45, 7) is 1.90. The topological polar surface area (TPSA) is 75.4 Å². The minimum Gasteiger partial charge on any atom is -0.508 e. The van der Waals surface area contributed by atoms with E-state index >= 15 is 0 Å². The minimum atomic E-state index is -0.682. The van der Waals surface area contributed by atoms with Gasteiger partial charge >= 0.3 is 0 Å². The molecular weight excluding hydrogens is 275 g/mol. The Morgan fingerprint density at radius 3 is 2.67 bits per heavy atom. The molecule has 2 aromatic carbocycles. The molecule has 0 spiro atoms. The molecule has 5 nitrogen and oxygen atoms in total. The van der Waals surface area contributed by atoms with Crippen LogP contribution in [0.2, 0.25) is 0 Å². The van der Waals surface area contributed by atoms with Gasteiger partial charge in [-0.3, -0.25) is 10.1 Å². The standard InChI is InChI=1S/C15H15FN2O3/c1-2-14(13-5-3-4-6-15(13)19)17-11-7-10(16)8-12(9-11)18(20)21/h3-9,14,17,19H,2H2,1H3. The second-order valence-electron chi connectivity index (χ2n) is 4.62. The summed E-state index contributed by atoms with van der Waals surface area (Å²) in [5, 5.41) is 23.6. The summed E-state index contributed by atoms with van der Waals surface area (Å²) in [4.78, 5) is 10.1. The molecule has 2 aromatic rings. The smallest absolute Gasteiger partial charge is 0.274 e. The number of nitrogens with one attached hydrogen (secondary N) is 1. The number of rotatable bonds is 5. The summed E-state index contributed by atoms with van der Waals surface area (Å²) in [5.74, 6) is -0.554. The zero-order chi connectivity index (χ0) is 15.4. The lowest BCUT2D eigenvalue weighted by molar-refractivity contribution is -0.385. The number of hydrogen-bond donors (Lipinski definition) is 2. The number of aromatic hydroxyl groups is 1. The van der Waals surface area contributed by atoms with Crippen LogP contribution < -0.4 is 5.32 Å². The summed E-state index contributed by atoms with van der Waals surface area (Å²) in [7, 11) is 0. The Kier molecular flexibility index (Phi) is 4.37. The van der Waals surface area contributed by atoms with E-state index in [9.17, 15) is 19.6 Å². The number of hydrogen-bond acceptors (Lipinski definition) is 4. The summed E-state index contributed by atoms with van der Waals surface area (Å²) < 4.78 is 13.4. The van der Waals surface area contributed by atoms with Crippen LogP contribution in [0.3, 0.4) is 0 Å². The van der Waals surface area contributed by atoms with Gasteiger partial charge in [-0.05, 0) is 18.6 Å². The van der Waals surface area contributed by atoms with E-state index in [0.29, 0.717) is 17.7 Å². The fourth-order valence-corrected chi connectivity index (χ4v) is 2.15. The molecule has 0 bridgehead atoms. The third kappa shape index (κ3) is 3.47. The highest BCUT2D eigenvalue weighted by Crippen LogP contribution is 2.30. The van der Waals surface area contributed by atoms with Gasteiger partial charge in [0.15, 0.2) is 0 Å². The molecule has 0 fully saturated rings. The van der Waals surface area contributed by atoms with Gasteiger partial charge in [-0.1, -0.05) is 25.1 Å². The van der Waals surface area contributed by atoms with Crippen molar-refractivity contribution in [3.05, 3.63) is 64.0 Å². The fraction of sp³-hybridized carbons (Fsp3) is 0.200. The zero-order valence-electron chi connectivity index (χ0n) is 11.4. The van der Waals surface area contributed by atoms with Crippen LogP contribution in [-0.4, -0.2) is 10.0 Å². The number of benzene rings is 2. The molecule has 1 unspecified atom stereocenters. The highest BCUT2D eigenvalue weighted by molar-refractivity contribution is 5.53. The van der Waals surface area contributed by atoms with E-state index in [1.165, 1.54) is 12.1 Å². The lowest BCUT2D eigenvalue weighted by Gasteiger charge is -2.19. The Balaban J connectivity index is 2.31. The first-order chi connectivity index (χ1) is 10.0. The number of anilines is 1. The summed E-state index contributed by atoms with van der Waals surface area (Å²) in [6.07, 6.45) is 0.627. The van der Waals surface area contributed by atoms with Crippen LogP contribution >= 0.6 is 0 Å². The van der Waals surface area contributed by atoms with Crippen molar-refractivity contribution < 1.29 is 14.4 Å². The maximum absolute atomic E-state index is 13.4. The molecule has 0 aliphatic rings. The van der Waals surface area contributed by atoms with Gasteiger partial charge in [0.25, 0.3) is 5.69 Å². The van der Waals surface area contributed by atoms with Crippen molar-refractivity contribution in [2.75, 3.05) is 5.32 Å². The predicted molar refractivity (Wildman–Crippen MR) is 77.8 cm³/mol. The van der Waals surface area contributed by atoms with Crippen molar-refractivity contribution in [1.82, 2.24) is 0 Å². The van der Waals surface area contributed by atoms with Gasteiger partial charge in [-0.15, -0.1) is 0 Å². The predicted octanol–water partition coefficient (Wildman–Crippen LogP) is 4.00. The van der Waals surface area contributed by atoms with Crippen molar-refractivity contribution in [2.24, 2.45) is 0 Å². The highest BCUT2D eigenvalue weighted by Gasteiger charge is 2.15. The second-order valence-corrected chi connectivity index (χ2v) is 4.62. The van der Waals surface area contributed by atoms with Gasteiger partial charge in [0.05, 0.1) is 17.0 Å². The van der Waals surface area contributed by atoms with Crippen LogP contribution in [0.25, 0.3) is 0 Å². The monoisotopic (exact) mass is 290 g/mol. The summed E-state index contributed by atoms with van der Waals surface area (Å²) >= 11 is 0. The summed E-state index contributed by atoms with van der Waals surface area (Å²) in [5.41, 5.74) is 0.647. The van der Waals surface area contributed by atoms with Crippen molar-refractivity contribution in [1.29, 1.82) is 0 Å². The first-order valence-corrected chi connectivity index (χ1v) is 6.50. The molecule has 110 valence electrons. The average molecular weight is 290 g/mol. The molecule has 6 heteroatoms. The number of halogens is 1. The summed E-state index contributed by atoms with van der Waals surface area (Å²) in [6, 6.07) is 9.87. The molecular formula is C15H15FN2O3. The molecule has 2 N–H and O–H groups in total. The van der Waals surface area contributed by atoms with Gasteiger partial charge in [0.1, 0.15) is 11.6 Å². The molecule has 21 heavy (non-hydrogen) atoms. The molecule has 0 amide bonds. The van der Waals surface area contributed by atoms with Crippen LogP contribution in [0, 0.1) is 15.9 Å². The van der Waals surface area contributed by atoms with Gasteiger partial charge in [0, 0.05) is 17.3 Å². The third-order valence-corrected chi connectivity index (χ3v) is 3.15. The van der Waals surface area contributed by atoms with Crippen LogP contribution in [0.5, 0.6) is 5.75 Å². The van der Waals surface area contributed by atoms with Crippen molar-refractivity contribution in [3.63, 3.8) is 0 Å². The van der Waals surface area contributed by atoms with Gasteiger partial charge in [-0.25, -0.2) is 4.39 Å². The Hall–Kier alpha value is -2.63. The molecule has 0 radical (unpaired) electrons. The molecule has 0 aromatic heterocycles. The van der Waals surface area contributed by atoms with E-state index in [2.05, 4.69) is 5.32 Å². The maximum atomic E-state index is 13.4. The first kappa shape index (κ1) is 14.8. The molecule has 1 atom stereocenters. The Labute approximate surface area is 121 Å². The number of phenols is 1. The number of para-hydroxylation sites is 1. The molecule has 0 saturated heterocycles. The molecule has 0 heterocycles. The van der Waals surface area contributed by atoms with Crippen LogP contribution in [-0.2, 0) is 0 Å². The third-order valence-electron chi connectivity index (χ3n) is 3.15. The van der Waals surface area contributed by atoms with E-state index in [1.54, 1.807) is 24.3 Å². The second kappa shape index (κ2) is 6.21. The van der Waals surface area contributed by atoms with Crippen molar-refractivity contribution >= 4 is 11.4 Å². The largest absolute Gasteiger partial charge is 0.508 e. The van der Waals surface area contributed by atoms with Crippen LogP contribution in [0.1, 0.15) is 24.9 Å². The van der Waals surface area contributed by atoms with E-state index in [0.717, 1.165) is 6.07 Å². The quantitative estimate of drug-likeness (QED) is 0.644. The fourth-order valence-electron chi connectivity index (χ4n) is 2.15. The van der Waals surface area contributed by atoms with Crippen LogP contribution in [0.15, 0.2) is 42.5 Å². The lowest BCUT2D eigenvalue weighted by Crippen LogP contribution is -2.10.